The predicted octanol–water partition coefficient (Wildman–Crippen LogP) is 1.96. The first-order valence-electron chi connectivity index (χ1n) is 8.77. The third kappa shape index (κ3) is 2.92. The van der Waals surface area contributed by atoms with Crippen molar-refractivity contribution in [1.82, 2.24) is 9.97 Å². The lowest BCUT2D eigenvalue weighted by Crippen LogP contribution is -2.36. The average Bonchev–Trinajstić information content (AvgIpc) is 3.29. The predicted molar refractivity (Wildman–Crippen MR) is 99.2 cm³/mol. The van der Waals surface area contributed by atoms with E-state index in [4.69, 9.17) is 0 Å². The van der Waals surface area contributed by atoms with Gasteiger partial charge in [0.25, 0.3) is 0 Å². The summed E-state index contributed by atoms with van der Waals surface area (Å²) in [5, 5.41) is 0. The molecule has 2 aliphatic rings. The Labute approximate surface area is 148 Å². The van der Waals surface area contributed by atoms with Gasteiger partial charge in [0.15, 0.2) is 0 Å². The molecule has 4 rings (SSSR count). The van der Waals surface area contributed by atoms with E-state index < -0.39 is 0 Å². The molecule has 0 aliphatic carbocycles. The van der Waals surface area contributed by atoms with E-state index in [0.717, 1.165) is 49.8 Å². The smallest absolute Gasteiger partial charge is 0.231 e. The zero-order valence-corrected chi connectivity index (χ0v) is 14.7. The summed E-state index contributed by atoms with van der Waals surface area (Å²) >= 11 is 0. The molecule has 130 valence electrons. The third-order valence-electron chi connectivity index (χ3n) is 5.11. The minimum absolute atomic E-state index is 0.0314. The largest absolute Gasteiger partial charge is 0.363 e. The van der Waals surface area contributed by atoms with Crippen molar-refractivity contribution in [3.8, 4) is 0 Å². The van der Waals surface area contributed by atoms with Gasteiger partial charge in [-0.1, -0.05) is 18.2 Å². The number of para-hydroxylation sites is 1. The van der Waals surface area contributed by atoms with E-state index in [1.54, 1.807) is 6.33 Å². The van der Waals surface area contributed by atoms with Crippen LogP contribution in [0.15, 0.2) is 36.7 Å². The summed E-state index contributed by atoms with van der Waals surface area (Å²) in [6.07, 6.45) is 3.42. The van der Waals surface area contributed by atoms with Crippen molar-refractivity contribution in [2.75, 3.05) is 48.4 Å². The first-order valence-corrected chi connectivity index (χ1v) is 8.77. The number of hydrogen-bond donors (Lipinski definition) is 0. The van der Waals surface area contributed by atoms with Crippen LogP contribution < -0.4 is 14.7 Å². The average molecular weight is 337 g/mol. The van der Waals surface area contributed by atoms with E-state index in [1.807, 2.05) is 42.1 Å². The number of hydrogen-bond acceptors (Lipinski definition) is 5. The van der Waals surface area contributed by atoms with Crippen LogP contribution in [0.1, 0.15) is 12.0 Å². The lowest BCUT2D eigenvalue weighted by Gasteiger charge is -2.22. The van der Waals surface area contributed by atoms with Crippen LogP contribution in [0.5, 0.6) is 0 Å². The van der Waals surface area contributed by atoms with Gasteiger partial charge < -0.3 is 14.7 Å². The number of carbonyl (C=O) groups excluding carboxylic acids is 1. The second-order valence-corrected chi connectivity index (χ2v) is 6.93. The standard InChI is InChI=1S/C19H23N5O/c1-22(2)17-11-18(21-13-20-17)23-9-7-15(12-23)19(25)24-10-8-14-5-3-4-6-16(14)24/h3-6,11,13,15H,7-10,12H2,1-2H3. The van der Waals surface area contributed by atoms with E-state index in [1.165, 1.54) is 5.56 Å². The number of benzene rings is 1. The second-order valence-electron chi connectivity index (χ2n) is 6.93. The van der Waals surface area contributed by atoms with E-state index in [0.29, 0.717) is 0 Å². The second kappa shape index (κ2) is 6.35. The highest BCUT2D eigenvalue weighted by atomic mass is 16.2. The molecule has 0 saturated carbocycles. The fraction of sp³-hybridized carbons (Fsp3) is 0.421. The first-order chi connectivity index (χ1) is 12.1. The van der Waals surface area contributed by atoms with Crippen LogP contribution in [0.3, 0.4) is 0 Å². The lowest BCUT2D eigenvalue weighted by molar-refractivity contribution is -0.121. The zero-order chi connectivity index (χ0) is 17.4. The molecule has 1 aromatic heterocycles. The van der Waals surface area contributed by atoms with Gasteiger partial charge in [-0.25, -0.2) is 9.97 Å². The summed E-state index contributed by atoms with van der Waals surface area (Å²) in [7, 11) is 3.93. The van der Waals surface area contributed by atoms with Gasteiger partial charge in [0.2, 0.25) is 5.91 Å². The number of fused-ring (bicyclic) bond motifs is 1. The number of rotatable bonds is 3. The van der Waals surface area contributed by atoms with Gasteiger partial charge in [-0.3, -0.25) is 4.79 Å². The maximum Gasteiger partial charge on any atom is 0.231 e. The molecule has 0 bridgehead atoms. The van der Waals surface area contributed by atoms with Gasteiger partial charge in [0.1, 0.15) is 18.0 Å². The first kappa shape index (κ1) is 15.9. The number of aromatic nitrogens is 2. The van der Waals surface area contributed by atoms with Crippen molar-refractivity contribution in [2.45, 2.75) is 12.8 Å². The highest BCUT2D eigenvalue weighted by Gasteiger charge is 2.35. The number of nitrogens with zero attached hydrogens (tertiary/aromatic N) is 5. The minimum atomic E-state index is 0.0314. The normalized spacial score (nSPS) is 19.2. The van der Waals surface area contributed by atoms with Crippen LogP contribution >= 0.6 is 0 Å². The molecule has 1 aromatic carbocycles. The molecule has 0 spiro atoms. The Hall–Kier alpha value is -2.63. The lowest BCUT2D eigenvalue weighted by atomic mass is 10.1. The van der Waals surface area contributed by atoms with Crippen LogP contribution in [0.4, 0.5) is 17.3 Å². The van der Waals surface area contributed by atoms with Gasteiger partial charge in [-0.2, -0.15) is 0 Å². The number of anilines is 3. The molecule has 0 radical (unpaired) electrons. The third-order valence-corrected chi connectivity index (χ3v) is 5.11. The minimum Gasteiger partial charge on any atom is -0.363 e. The summed E-state index contributed by atoms with van der Waals surface area (Å²) in [4.78, 5) is 27.8. The maximum absolute atomic E-state index is 13.0. The van der Waals surface area contributed by atoms with E-state index in [9.17, 15) is 4.79 Å². The molecule has 6 nitrogen and oxygen atoms in total. The van der Waals surface area contributed by atoms with Crippen molar-refractivity contribution in [1.29, 1.82) is 0 Å². The fourth-order valence-corrected chi connectivity index (χ4v) is 3.71. The Morgan fingerprint density at radius 2 is 2.04 bits per heavy atom. The molecular formula is C19H23N5O. The Bertz CT molecular complexity index is 791. The Morgan fingerprint density at radius 3 is 2.88 bits per heavy atom. The Morgan fingerprint density at radius 1 is 1.20 bits per heavy atom. The molecule has 1 saturated heterocycles. The summed E-state index contributed by atoms with van der Waals surface area (Å²) in [5.74, 6) is 2.06. The van der Waals surface area contributed by atoms with Crippen LogP contribution in [0.2, 0.25) is 0 Å². The van der Waals surface area contributed by atoms with E-state index >= 15 is 0 Å². The monoisotopic (exact) mass is 337 g/mol. The van der Waals surface area contributed by atoms with Crippen LogP contribution in [0.25, 0.3) is 0 Å². The molecule has 1 amide bonds. The molecule has 1 fully saturated rings. The summed E-state index contributed by atoms with van der Waals surface area (Å²) < 4.78 is 0. The van der Waals surface area contributed by atoms with Crippen molar-refractivity contribution in [3.05, 3.63) is 42.2 Å². The summed E-state index contributed by atoms with van der Waals surface area (Å²) in [6, 6.07) is 10.2. The van der Waals surface area contributed by atoms with Gasteiger partial charge in [-0.05, 0) is 24.5 Å². The van der Waals surface area contributed by atoms with Crippen molar-refractivity contribution in [2.24, 2.45) is 5.92 Å². The summed E-state index contributed by atoms with van der Waals surface area (Å²) in [6.45, 7) is 2.38. The number of carbonyl (C=O) groups is 1. The highest BCUT2D eigenvalue weighted by Crippen LogP contribution is 2.31. The fourth-order valence-electron chi connectivity index (χ4n) is 3.71. The molecule has 1 unspecified atom stereocenters. The van der Waals surface area contributed by atoms with Crippen molar-refractivity contribution in [3.63, 3.8) is 0 Å². The van der Waals surface area contributed by atoms with E-state index in [-0.39, 0.29) is 11.8 Å². The van der Waals surface area contributed by atoms with Crippen LogP contribution in [-0.4, -0.2) is 49.6 Å². The van der Waals surface area contributed by atoms with Crippen LogP contribution in [0, 0.1) is 5.92 Å². The topological polar surface area (TPSA) is 52.6 Å². The molecular weight excluding hydrogens is 314 g/mol. The maximum atomic E-state index is 13.0. The molecule has 2 aromatic rings. The Kier molecular flexibility index (Phi) is 4.03. The SMILES string of the molecule is CN(C)c1cc(N2CCC(C(=O)N3CCc4ccccc43)C2)ncn1. The molecule has 0 N–H and O–H groups in total. The van der Waals surface area contributed by atoms with E-state index in [2.05, 4.69) is 27.0 Å². The zero-order valence-electron chi connectivity index (χ0n) is 14.7. The van der Waals surface area contributed by atoms with Gasteiger partial charge in [0.05, 0.1) is 5.92 Å². The molecule has 25 heavy (non-hydrogen) atoms. The molecule has 6 heteroatoms. The van der Waals surface area contributed by atoms with Crippen molar-refractivity contribution < 1.29 is 4.79 Å². The molecule has 2 aliphatic heterocycles. The van der Waals surface area contributed by atoms with Crippen molar-refractivity contribution >= 4 is 23.2 Å². The molecule has 1 atom stereocenters. The highest BCUT2D eigenvalue weighted by molar-refractivity contribution is 5.97. The number of amides is 1. The molecule has 3 heterocycles. The summed E-state index contributed by atoms with van der Waals surface area (Å²) in [5.41, 5.74) is 2.36. The van der Waals surface area contributed by atoms with Gasteiger partial charge >= 0.3 is 0 Å². The Balaban J connectivity index is 1.48. The quantitative estimate of drug-likeness (QED) is 0.857. The van der Waals surface area contributed by atoms with Crippen LogP contribution in [-0.2, 0) is 11.2 Å². The van der Waals surface area contributed by atoms with Gasteiger partial charge in [-0.15, -0.1) is 0 Å². The van der Waals surface area contributed by atoms with Gasteiger partial charge in [0, 0.05) is 45.5 Å².